The van der Waals surface area contributed by atoms with E-state index in [1.165, 1.54) is 18.4 Å². The lowest BCUT2D eigenvalue weighted by Crippen LogP contribution is -2.42. The molecule has 1 aliphatic rings. The van der Waals surface area contributed by atoms with Crippen LogP contribution < -0.4 is 4.57 Å². The van der Waals surface area contributed by atoms with E-state index in [1.807, 2.05) is 29.0 Å². The summed E-state index contributed by atoms with van der Waals surface area (Å²) in [6, 6.07) is 10.2. The molecule has 20 heavy (non-hydrogen) atoms. The summed E-state index contributed by atoms with van der Waals surface area (Å²) in [7, 11) is 0. The molecule has 0 bridgehead atoms. The summed E-state index contributed by atoms with van der Waals surface area (Å²) in [5, 5.41) is 0. The molecule has 1 fully saturated rings. The fraction of sp³-hybridized carbons (Fsp3) is 0.353. The quantitative estimate of drug-likeness (QED) is 0.630. The molecule has 1 aromatic carbocycles. The van der Waals surface area contributed by atoms with Gasteiger partial charge in [0.2, 0.25) is 5.78 Å². The maximum absolute atomic E-state index is 12.6. The minimum absolute atomic E-state index is 0.196. The zero-order valence-corrected chi connectivity index (χ0v) is 11.5. The van der Waals surface area contributed by atoms with E-state index in [-0.39, 0.29) is 11.7 Å². The zero-order valence-electron chi connectivity index (χ0n) is 11.5. The van der Waals surface area contributed by atoms with E-state index in [4.69, 9.17) is 0 Å². The SMILES string of the molecule is O=C(c1cncc[n+]1Cc1ccccc1)C1CCCC1. The highest BCUT2D eigenvalue weighted by Gasteiger charge is 2.30. The summed E-state index contributed by atoms with van der Waals surface area (Å²) >= 11 is 0. The number of nitrogens with zero attached hydrogens (tertiary/aromatic N) is 2. The number of carbonyl (C=O) groups excluding carboxylic acids is 1. The molecule has 0 unspecified atom stereocenters. The molecular formula is C17H19N2O+. The van der Waals surface area contributed by atoms with Crippen LogP contribution in [0.2, 0.25) is 0 Å². The summed E-state index contributed by atoms with van der Waals surface area (Å²) in [6.07, 6.45) is 9.76. The average molecular weight is 267 g/mol. The molecule has 0 aliphatic heterocycles. The smallest absolute Gasteiger partial charge is 0.267 e. The van der Waals surface area contributed by atoms with E-state index in [2.05, 4.69) is 17.1 Å². The average Bonchev–Trinajstić information content (AvgIpc) is 3.02. The number of benzene rings is 1. The molecule has 3 heteroatoms. The van der Waals surface area contributed by atoms with Crippen LogP contribution in [0.4, 0.5) is 0 Å². The molecule has 0 saturated heterocycles. The first-order chi connectivity index (χ1) is 9.84. The van der Waals surface area contributed by atoms with Gasteiger partial charge in [-0.3, -0.25) is 9.78 Å². The maximum Gasteiger partial charge on any atom is 0.267 e. The van der Waals surface area contributed by atoms with Gasteiger partial charge in [0.05, 0.1) is 6.20 Å². The molecule has 3 nitrogen and oxygen atoms in total. The van der Waals surface area contributed by atoms with Crippen LogP contribution in [0.15, 0.2) is 48.9 Å². The van der Waals surface area contributed by atoms with Crippen molar-refractivity contribution in [1.29, 1.82) is 0 Å². The predicted octanol–water partition coefficient (Wildman–Crippen LogP) is 2.79. The van der Waals surface area contributed by atoms with Crippen LogP contribution in [0.1, 0.15) is 41.7 Å². The molecule has 1 heterocycles. The Bertz CT molecular complexity index is 589. The molecule has 0 amide bonds. The first-order valence-electron chi connectivity index (χ1n) is 7.26. The predicted molar refractivity (Wildman–Crippen MR) is 76.3 cm³/mol. The number of Topliss-reactive ketones (excluding diaryl/α,β-unsaturated/α-hetero) is 1. The molecule has 0 radical (unpaired) electrons. The Labute approximate surface area is 119 Å². The second-order valence-corrected chi connectivity index (χ2v) is 5.42. The van der Waals surface area contributed by atoms with E-state index in [0.29, 0.717) is 0 Å². The Morgan fingerprint density at radius 1 is 1.20 bits per heavy atom. The summed E-state index contributed by atoms with van der Waals surface area (Å²) in [6.45, 7) is 0.719. The molecule has 0 atom stereocenters. The Morgan fingerprint density at radius 2 is 1.95 bits per heavy atom. The highest BCUT2D eigenvalue weighted by atomic mass is 16.1. The zero-order chi connectivity index (χ0) is 13.8. The summed E-state index contributed by atoms with van der Waals surface area (Å²) < 4.78 is 2.02. The Hall–Kier alpha value is -2.03. The molecule has 1 saturated carbocycles. The third kappa shape index (κ3) is 2.77. The van der Waals surface area contributed by atoms with Crippen LogP contribution in [-0.4, -0.2) is 10.8 Å². The van der Waals surface area contributed by atoms with Crippen LogP contribution in [0.5, 0.6) is 0 Å². The van der Waals surface area contributed by atoms with Gasteiger partial charge in [0.25, 0.3) is 5.69 Å². The molecule has 102 valence electrons. The fourth-order valence-corrected chi connectivity index (χ4v) is 2.91. The first kappa shape index (κ1) is 13.0. The van der Waals surface area contributed by atoms with Gasteiger partial charge in [-0.2, -0.15) is 4.57 Å². The van der Waals surface area contributed by atoms with Crippen molar-refractivity contribution in [3.05, 3.63) is 60.2 Å². The number of rotatable bonds is 4. The standard InChI is InChI=1S/C17H19N2O/c20-17(15-8-4-5-9-15)16-12-18-10-11-19(16)13-14-6-2-1-3-7-14/h1-3,6-7,10-12,15H,4-5,8-9,13H2/q+1. The van der Waals surface area contributed by atoms with Crippen molar-refractivity contribution >= 4 is 5.78 Å². The van der Waals surface area contributed by atoms with Gasteiger partial charge in [0, 0.05) is 11.5 Å². The highest BCUT2D eigenvalue weighted by Crippen LogP contribution is 2.27. The van der Waals surface area contributed by atoms with Crippen molar-refractivity contribution in [2.45, 2.75) is 32.2 Å². The lowest BCUT2D eigenvalue weighted by molar-refractivity contribution is -0.690. The van der Waals surface area contributed by atoms with Crippen molar-refractivity contribution < 1.29 is 9.36 Å². The van der Waals surface area contributed by atoms with Crippen LogP contribution in [-0.2, 0) is 6.54 Å². The topological polar surface area (TPSA) is 33.8 Å². The number of ketones is 1. The second-order valence-electron chi connectivity index (χ2n) is 5.42. The van der Waals surface area contributed by atoms with Gasteiger partial charge in [-0.05, 0) is 12.8 Å². The van der Waals surface area contributed by atoms with Gasteiger partial charge < -0.3 is 0 Å². The van der Waals surface area contributed by atoms with Gasteiger partial charge in [-0.15, -0.1) is 0 Å². The lowest BCUT2D eigenvalue weighted by atomic mass is 10.00. The normalized spacial score (nSPS) is 15.4. The second kappa shape index (κ2) is 5.95. The number of hydrogen-bond donors (Lipinski definition) is 0. The first-order valence-corrected chi connectivity index (χ1v) is 7.26. The van der Waals surface area contributed by atoms with Crippen molar-refractivity contribution in [2.24, 2.45) is 5.92 Å². The third-order valence-corrected chi connectivity index (χ3v) is 4.01. The van der Waals surface area contributed by atoms with Crippen molar-refractivity contribution in [2.75, 3.05) is 0 Å². The molecule has 3 rings (SSSR count). The molecule has 1 aliphatic carbocycles. The van der Waals surface area contributed by atoms with Crippen molar-refractivity contribution in [3.8, 4) is 0 Å². The van der Waals surface area contributed by atoms with Crippen LogP contribution in [0, 0.1) is 5.92 Å². The Morgan fingerprint density at radius 3 is 2.70 bits per heavy atom. The van der Waals surface area contributed by atoms with Crippen LogP contribution >= 0.6 is 0 Å². The molecule has 1 aromatic heterocycles. The van der Waals surface area contributed by atoms with Gasteiger partial charge in [-0.1, -0.05) is 43.2 Å². The minimum Gasteiger partial charge on any atom is -0.287 e. The monoisotopic (exact) mass is 267 g/mol. The number of aromatic nitrogens is 2. The summed E-state index contributed by atoms with van der Waals surface area (Å²) in [5.41, 5.74) is 1.94. The van der Waals surface area contributed by atoms with E-state index in [0.717, 1.165) is 25.1 Å². The van der Waals surface area contributed by atoms with E-state index < -0.39 is 0 Å². The summed E-state index contributed by atoms with van der Waals surface area (Å²) in [4.78, 5) is 16.7. The fourth-order valence-electron chi connectivity index (χ4n) is 2.91. The van der Waals surface area contributed by atoms with Crippen LogP contribution in [0.25, 0.3) is 0 Å². The molecule has 0 spiro atoms. The number of carbonyl (C=O) groups is 1. The minimum atomic E-state index is 0.196. The van der Waals surface area contributed by atoms with Gasteiger partial charge in [-0.25, -0.2) is 0 Å². The van der Waals surface area contributed by atoms with Crippen molar-refractivity contribution in [3.63, 3.8) is 0 Å². The summed E-state index contributed by atoms with van der Waals surface area (Å²) in [5.74, 6) is 0.452. The van der Waals surface area contributed by atoms with Gasteiger partial charge in [0.1, 0.15) is 6.20 Å². The lowest BCUT2D eigenvalue weighted by Gasteiger charge is -2.07. The van der Waals surface area contributed by atoms with Gasteiger partial charge >= 0.3 is 0 Å². The van der Waals surface area contributed by atoms with E-state index in [1.54, 1.807) is 12.4 Å². The van der Waals surface area contributed by atoms with E-state index in [9.17, 15) is 4.79 Å². The Kier molecular flexibility index (Phi) is 3.86. The molecule has 2 aromatic rings. The largest absolute Gasteiger partial charge is 0.287 e. The van der Waals surface area contributed by atoms with Crippen molar-refractivity contribution in [1.82, 2.24) is 4.98 Å². The van der Waals surface area contributed by atoms with E-state index >= 15 is 0 Å². The number of hydrogen-bond acceptors (Lipinski definition) is 2. The van der Waals surface area contributed by atoms with Gasteiger partial charge in [0.15, 0.2) is 12.7 Å². The Balaban J connectivity index is 1.86. The third-order valence-electron chi connectivity index (χ3n) is 4.01. The highest BCUT2D eigenvalue weighted by molar-refractivity contribution is 5.94. The molecule has 0 N–H and O–H groups in total. The molecular weight excluding hydrogens is 248 g/mol. The van der Waals surface area contributed by atoms with Crippen LogP contribution in [0.3, 0.4) is 0 Å². The maximum atomic E-state index is 12.6.